The number of halogens is 4. The number of hydrogen-bond donors (Lipinski definition) is 1. The highest BCUT2D eigenvalue weighted by atomic mass is 19.0. The highest BCUT2D eigenvalue weighted by Gasteiger charge is 1.73. The molecule has 0 aliphatic carbocycles. The van der Waals surface area contributed by atoms with Crippen LogP contribution in [0.5, 0.6) is 0 Å². The molecule has 2 nitrogen and oxygen atoms in total. The monoisotopic (exact) mass is 176 g/mol. The van der Waals surface area contributed by atoms with E-state index in [1.54, 1.807) is 12.4 Å². The summed E-state index contributed by atoms with van der Waals surface area (Å²) in [6, 6.07) is 0. The summed E-state index contributed by atoms with van der Waals surface area (Å²) in [4.78, 5) is 6.75. The third-order valence-corrected chi connectivity index (χ3v) is 0.635. The van der Waals surface area contributed by atoms with Crippen LogP contribution in [0.25, 0.3) is 0 Å². The number of H-pyrrole nitrogens is 1. The van der Waals surface area contributed by atoms with Gasteiger partial charge in [-0.2, -0.15) is 0 Å². The zero-order chi connectivity index (χ0) is 4.41. The molecule has 7 heteroatoms. The van der Waals surface area contributed by atoms with Gasteiger partial charge in [0.15, 0.2) is 0 Å². The minimum atomic E-state index is 0. The van der Waals surface area contributed by atoms with Gasteiger partial charge in [-0.1, -0.05) is 0 Å². The first-order chi connectivity index (χ1) is 2.89. The molecule has 1 heterocycles. The molecular weight excluding hydrogens is 163 g/mol. The smallest absolute Gasteiger partial charge is 0.102 e. The Hall–Kier alpha value is -1.01. The average molecular weight is 176 g/mol. The molecule has 0 saturated heterocycles. The van der Waals surface area contributed by atoms with Crippen molar-refractivity contribution in [3.8, 4) is 0 Å². The van der Waals surface area contributed by atoms with Crippen molar-refractivity contribution < 1.29 is 18.8 Å². The molecule has 0 bridgehead atoms. The van der Waals surface area contributed by atoms with E-state index in [0.717, 1.165) is 5.82 Å². The van der Waals surface area contributed by atoms with Crippen LogP contribution in [0.2, 0.25) is 0 Å². The molecule has 11 heavy (non-hydrogen) atoms. The predicted octanol–water partition coefficient (Wildman–Crippen LogP) is 0.144. The topological polar surface area (TPSA) is 28.7 Å². The number of aromatic nitrogens is 2. The number of nitrogens with one attached hydrogen (secondary N) is 1. The van der Waals surface area contributed by atoms with Crippen LogP contribution >= 0.6 is 0 Å². The summed E-state index contributed by atoms with van der Waals surface area (Å²) in [5, 5.41) is 0. The van der Waals surface area contributed by atoms with Crippen LogP contribution in [0.1, 0.15) is 5.82 Å². The van der Waals surface area contributed by atoms with Gasteiger partial charge in [0.1, 0.15) is 5.82 Å². The van der Waals surface area contributed by atoms with Crippen LogP contribution in [0, 0.1) is 6.92 Å². The van der Waals surface area contributed by atoms with E-state index in [1.165, 1.54) is 0 Å². The van der Waals surface area contributed by atoms with Gasteiger partial charge >= 0.3 is 0 Å². The molecule has 0 radical (unpaired) electrons. The molecule has 0 aliphatic rings. The first kappa shape index (κ1) is 32.4. The second-order valence-corrected chi connectivity index (χ2v) is 1.17. The van der Waals surface area contributed by atoms with E-state index < -0.39 is 0 Å². The second-order valence-electron chi connectivity index (χ2n) is 1.17. The van der Waals surface area contributed by atoms with Crippen LogP contribution in [0.4, 0.5) is 18.8 Å². The van der Waals surface area contributed by atoms with Gasteiger partial charge in [0.25, 0.3) is 0 Å². The first-order valence-corrected chi connectivity index (χ1v) is 1.85. The quantitative estimate of drug-likeness (QED) is 0.442. The summed E-state index contributed by atoms with van der Waals surface area (Å²) >= 11 is 0. The van der Waals surface area contributed by atoms with Crippen LogP contribution in [0.3, 0.4) is 0 Å². The van der Waals surface area contributed by atoms with E-state index in [1.807, 2.05) is 6.92 Å². The molecule has 0 spiro atoms. The first-order valence-electron chi connectivity index (χ1n) is 1.85. The van der Waals surface area contributed by atoms with Crippen molar-refractivity contribution in [2.75, 3.05) is 0 Å². The summed E-state index contributed by atoms with van der Waals surface area (Å²) in [6.07, 6.45) is 3.53. The summed E-state index contributed by atoms with van der Waals surface area (Å²) in [6.45, 7) is 1.92. The fraction of sp³-hybridized carbons (Fsp3) is 0.250. The lowest BCUT2D eigenvalue weighted by Crippen LogP contribution is -1.66. The Balaban J connectivity index is -0.0000000240. The maximum atomic E-state index is 3.86. The van der Waals surface area contributed by atoms with Crippen LogP contribution < -0.4 is 0 Å². The van der Waals surface area contributed by atoms with E-state index in [9.17, 15) is 0 Å². The fourth-order valence-corrected chi connectivity index (χ4v) is 0.344. The molecule has 1 aromatic heterocycles. The molecule has 0 amide bonds. The molecule has 1 N–H and O–H groups in total. The number of hydrogen-bond acceptors (Lipinski definition) is 1. The van der Waals surface area contributed by atoms with Crippen molar-refractivity contribution in [1.82, 2.24) is 9.97 Å². The van der Waals surface area contributed by atoms with E-state index >= 15 is 0 Å². The van der Waals surface area contributed by atoms with E-state index in [-0.39, 0.29) is 27.2 Å². The third-order valence-electron chi connectivity index (χ3n) is 0.635. The molecule has 1 rings (SSSR count). The van der Waals surface area contributed by atoms with Crippen molar-refractivity contribution in [2.24, 2.45) is 0 Å². The number of imidazole rings is 1. The van der Waals surface area contributed by atoms with Crippen molar-refractivity contribution in [2.45, 2.75) is 6.92 Å². The molecular formula is C4H13BF4N2. The molecule has 0 fully saturated rings. The Morgan fingerprint density at radius 2 is 1.64 bits per heavy atom. The summed E-state index contributed by atoms with van der Waals surface area (Å²) in [7, 11) is 0. The Labute approximate surface area is 63.5 Å². The Morgan fingerprint density at radius 3 is 1.73 bits per heavy atom. The summed E-state index contributed by atoms with van der Waals surface area (Å²) < 4.78 is 0. The lowest BCUT2D eigenvalue weighted by molar-refractivity contribution is 1.11. The van der Waals surface area contributed by atoms with Crippen molar-refractivity contribution in [3.05, 3.63) is 18.2 Å². The standard InChI is InChI=1S/C4H6N2.BH3.4FH/c1-4-5-2-3-6-4;;;;;/h2-3H,1H3,(H,5,6);1H3;4*1H. The maximum Gasteiger partial charge on any atom is 0.102 e. The number of nitrogens with zero attached hydrogens (tertiary/aromatic N) is 1. The lowest BCUT2D eigenvalue weighted by atomic mass is 10.8. The molecule has 0 atom stereocenters. The van der Waals surface area contributed by atoms with Crippen molar-refractivity contribution in [1.29, 1.82) is 0 Å². The minimum Gasteiger partial charge on any atom is -0.349 e. The van der Waals surface area contributed by atoms with Crippen molar-refractivity contribution in [3.63, 3.8) is 0 Å². The zero-order valence-corrected chi connectivity index (χ0v) is 5.23. The van der Waals surface area contributed by atoms with Gasteiger partial charge in [-0.15, -0.1) is 0 Å². The van der Waals surface area contributed by atoms with Gasteiger partial charge in [-0.3, -0.25) is 18.8 Å². The van der Waals surface area contributed by atoms with Gasteiger partial charge in [-0.25, -0.2) is 4.98 Å². The summed E-state index contributed by atoms with van der Waals surface area (Å²) in [5.74, 6) is 0.968. The van der Waals surface area contributed by atoms with E-state index in [0.29, 0.717) is 0 Å². The lowest BCUT2D eigenvalue weighted by Gasteiger charge is -1.68. The van der Waals surface area contributed by atoms with Gasteiger partial charge < -0.3 is 4.98 Å². The van der Waals surface area contributed by atoms with Gasteiger partial charge in [0.05, 0.1) is 8.41 Å². The zero-order valence-electron chi connectivity index (χ0n) is 5.23. The Morgan fingerprint density at radius 1 is 1.18 bits per heavy atom. The second kappa shape index (κ2) is 16.0. The highest BCUT2D eigenvalue weighted by Crippen LogP contribution is 1.78. The highest BCUT2D eigenvalue weighted by molar-refractivity contribution is 5.75. The molecule has 0 aromatic carbocycles. The minimum absolute atomic E-state index is 0. The normalized spacial score (nSPS) is 4.82. The maximum absolute atomic E-state index is 3.86. The number of aromatic amines is 1. The average Bonchev–Trinajstić information content (AvgIpc) is 1.86. The SMILES string of the molecule is B.Cc1ncc[nH]1.F.F.F.F. The third kappa shape index (κ3) is 12.2. The molecule has 70 valence electrons. The van der Waals surface area contributed by atoms with Crippen molar-refractivity contribution >= 4 is 8.41 Å². The number of rotatable bonds is 0. The van der Waals surface area contributed by atoms with Crippen LogP contribution in [0.15, 0.2) is 12.4 Å². The Kier molecular flexibility index (Phi) is 47.1. The largest absolute Gasteiger partial charge is 0.349 e. The van der Waals surface area contributed by atoms with E-state index in [4.69, 9.17) is 0 Å². The van der Waals surface area contributed by atoms with Crippen LogP contribution in [-0.2, 0) is 0 Å². The summed E-state index contributed by atoms with van der Waals surface area (Å²) in [5.41, 5.74) is 0. The Bertz CT molecular complexity index is 124. The molecule has 0 aliphatic heterocycles. The fourth-order valence-electron chi connectivity index (χ4n) is 0.344. The van der Waals surface area contributed by atoms with Gasteiger partial charge in [0, 0.05) is 12.4 Å². The molecule has 1 aromatic rings. The van der Waals surface area contributed by atoms with Crippen LogP contribution in [-0.4, -0.2) is 18.4 Å². The van der Waals surface area contributed by atoms with E-state index in [2.05, 4.69) is 9.97 Å². The van der Waals surface area contributed by atoms with Gasteiger partial charge in [-0.05, 0) is 6.92 Å². The molecule has 0 unspecified atom stereocenters. The predicted molar refractivity (Wildman–Crippen MR) is 43.3 cm³/mol. The molecule has 0 saturated carbocycles. The number of aryl methyl sites for hydroxylation is 1. The van der Waals surface area contributed by atoms with Gasteiger partial charge in [0.2, 0.25) is 0 Å².